The first-order valence-electron chi connectivity index (χ1n) is 4.73. The third-order valence-electron chi connectivity index (χ3n) is 1.91. The first kappa shape index (κ1) is 12.1. The molecule has 7 nitrogen and oxygen atoms in total. The zero-order valence-electron chi connectivity index (χ0n) is 8.87. The molecule has 1 aromatic heterocycles. The van der Waals surface area contributed by atoms with Crippen LogP contribution in [0.5, 0.6) is 11.8 Å². The number of rotatable bonds is 2. The highest BCUT2D eigenvalue weighted by atomic mass is 35.5. The lowest BCUT2D eigenvalue weighted by Crippen LogP contribution is -2.12. The smallest absolute Gasteiger partial charge is 0.349 e. The summed E-state index contributed by atoms with van der Waals surface area (Å²) < 4.78 is 4.82. The normalized spacial score (nSPS) is 10.1. The maximum Gasteiger partial charge on any atom is 0.349 e. The molecule has 18 heavy (non-hydrogen) atoms. The zero-order chi connectivity index (χ0) is 13.1. The first-order chi connectivity index (χ1) is 8.56. The lowest BCUT2D eigenvalue weighted by Gasteiger charge is -2.04. The fourth-order valence-electron chi connectivity index (χ4n) is 1.18. The van der Waals surface area contributed by atoms with Gasteiger partial charge in [-0.3, -0.25) is 0 Å². The van der Waals surface area contributed by atoms with E-state index in [1.54, 1.807) is 12.1 Å². The van der Waals surface area contributed by atoms with Gasteiger partial charge in [-0.2, -0.15) is 15.0 Å². The Kier molecular flexibility index (Phi) is 3.24. The van der Waals surface area contributed by atoms with Crippen molar-refractivity contribution in [3.05, 3.63) is 35.1 Å². The molecular formula is C10H7ClN4O3. The molecule has 0 fully saturated rings. The van der Waals surface area contributed by atoms with Gasteiger partial charge in [-0.1, -0.05) is 12.1 Å². The number of aromatic nitrogens is 3. The van der Waals surface area contributed by atoms with Gasteiger partial charge in [0.05, 0.1) is 0 Å². The Bertz CT molecular complexity index is 585. The van der Waals surface area contributed by atoms with E-state index in [4.69, 9.17) is 22.1 Å². The molecule has 2 rings (SSSR count). The van der Waals surface area contributed by atoms with Gasteiger partial charge >= 0.3 is 12.0 Å². The summed E-state index contributed by atoms with van der Waals surface area (Å²) in [5, 5.41) is 9.27. The number of esters is 1. The van der Waals surface area contributed by atoms with E-state index in [2.05, 4.69) is 15.0 Å². The molecule has 92 valence electrons. The number of halogens is 1. The lowest BCUT2D eigenvalue weighted by molar-refractivity contribution is 0.0716. The molecule has 8 heteroatoms. The number of nitrogen functional groups attached to an aromatic ring is 1. The zero-order valence-corrected chi connectivity index (χ0v) is 9.63. The molecule has 0 spiro atoms. The number of phenols is 1. The Morgan fingerprint density at radius 3 is 2.67 bits per heavy atom. The SMILES string of the molecule is Nc1nc(Cl)nc(OC(=O)c2ccccc2O)n1. The number of para-hydroxylation sites is 1. The van der Waals surface area contributed by atoms with E-state index in [1.165, 1.54) is 12.1 Å². The third kappa shape index (κ3) is 2.64. The summed E-state index contributed by atoms with van der Waals surface area (Å²) in [6.07, 6.45) is 0. The molecule has 0 unspecified atom stereocenters. The predicted molar refractivity (Wildman–Crippen MR) is 62.3 cm³/mol. The summed E-state index contributed by atoms with van der Waals surface area (Å²) in [5.74, 6) is -1.21. The van der Waals surface area contributed by atoms with Crippen LogP contribution in [-0.4, -0.2) is 26.0 Å². The lowest BCUT2D eigenvalue weighted by atomic mass is 10.2. The van der Waals surface area contributed by atoms with Crippen molar-refractivity contribution in [2.75, 3.05) is 5.73 Å². The molecular weight excluding hydrogens is 260 g/mol. The Hall–Kier alpha value is -2.41. The van der Waals surface area contributed by atoms with E-state index >= 15 is 0 Å². The summed E-state index contributed by atoms with van der Waals surface area (Å²) in [6, 6.07) is 5.56. The highest BCUT2D eigenvalue weighted by Crippen LogP contribution is 2.18. The number of carbonyl (C=O) groups is 1. The van der Waals surface area contributed by atoms with E-state index in [9.17, 15) is 9.90 Å². The number of hydrogen-bond donors (Lipinski definition) is 2. The first-order valence-corrected chi connectivity index (χ1v) is 5.11. The molecule has 0 amide bonds. The second kappa shape index (κ2) is 4.84. The minimum absolute atomic E-state index is 0.0207. The van der Waals surface area contributed by atoms with Crippen LogP contribution in [0.25, 0.3) is 0 Å². The van der Waals surface area contributed by atoms with Crippen molar-refractivity contribution in [2.45, 2.75) is 0 Å². The molecule has 0 saturated carbocycles. The number of carbonyl (C=O) groups excluding carboxylic acids is 1. The standard InChI is InChI=1S/C10H7ClN4O3/c11-8-13-9(12)15-10(14-8)18-7(17)5-3-1-2-4-6(5)16/h1-4,16H,(H2,12,13,14,15). The number of aromatic hydroxyl groups is 1. The average Bonchev–Trinajstić information content (AvgIpc) is 2.27. The number of hydrogen-bond acceptors (Lipinski definition) is 7. The molecule has 2 aromatic rings. The van der Waals surface area contributed by atoms with Crippen molar-refractivity contribution in [3.63, 3.8) is 0 Å². The summed E-state index contributed by atoms with van der Waals surface area (Å²) >= 11 is 5.53. The van der Waals surface area contributed by atoms with Gasteiger partial charge in [0.1, 0.15) is 11.3 Å². The molecule has 0 atom stereocenters. The van der Waals surface area contributed by atoms with Gasteiger partial charge in [0.2, 0.25) is 11.2 Å². The summed E-state index contributed by atoms with van der Waals surface area (Å²) in [7, 11) is 0. The van der Waals surface area contributed by atoms with Crippen molar-refractivity contribution in [3.8, 4) is 11.8 Å². The van der Waals surface area contributed by atoms with Crippen LogP contribution in [0.15, 0.2) is 24.3 Å². The summed E-state index contributed by atoms with van der Waals surface area (Å²) in [5.41, 5.74) is 5.30. The maximum absolute atomic E-state index is 11.7. The second-order valence-corrected chi connectivity index (χ2v) is 3.49. The van der Waals surface area contributed by atoms with Crippen molar-refractivity contribution < 1.29 is 14.6 Å². The molecule has 0 aliphatic carbocycles. The van der Waals surface area contributed by atoms with Crippen molar-refractivity contribution >= 4 is 23.5 Å². The maximum atomic E-state index is 11.7. The van der Waals surface area contributed by atoms with Crippen molar-refractivity contribution in [2.24, 2.45) is 0 Å². The van der Waals surface area contributed by atoms with Crippen LogP contribution in [0.4, 0.5) is 5.95 Å². The van der Waals surface area contributed by atoms with E-state index in [1.807, 2.05) is 0 Å². The fourth-order valence-corrected chi connectivity index (χ4v) is 1.34. The van der Waals surface area contributed by atoms with E-state index in [-0.39, 0.29) is 28.6 Å². The van der Waals surface area contributed by atoms with Gasteiger partial charge in [0.25, 0.3) is 0 Å². The Morgan fingerprint density at radius 2 is 2.00 bits per heavy atom. The Morgan fingerprint density at radius 1 is 1.28 bits per heavy atom. The second-order valence-electron chi connectivity index (χ2n) is 3.15. The fraction of sp³-hybridized carbons (Fsp3) is 0. The van der Waals surface area contributed by atoms with Crippen LogP contribution in [-0.2, 0) is 0 Å². The molecule has 0 aliphatic rings. The van der Waals surface area contributed by atoms with E-state index in [0.29, 0.717) is 0 Å². The predicted octanol–water partition coefficient (Wildman–Crippen LogP) is 1.03. The summed E-state index contributed by atoms with van der Waals surface area (Å²) in [4.78, 5) is 22.3. The van der Waals surface area contributed by atoms with Crippen LogP contribution in [0.1, 0.15) is 10.4 Å². The van der Waals surface area contributed by atoms with Gasteiger partial charge in [0, 0.05) is 0 Å². The molecule has 0 aliphatic heterocycles. The van der Waals surface area contributed by atoms with Gasteiger partial charge in [-0.05, 0) is 23.7 Å². The highest BCUT2D eigenvalue weighted by Gasteiger charge is 2.15. The highest BCUT2D eigenvalue weighted by molar-refractivity contribution is 6.28. The van der Waals surface area contributed by atoms with Crippen LogP contribution in [0.3, 0.4) is 0 Å². The molecule has 0 saturated heterocycles. The molecule has 3 N–H and O–H groups in total. The number of benzene rings is 1. The minimum Gasteiger partial charge on any atom is -0.507 e. The summed E-state index contributed by atoms with van der Waals surface area (Å²) in [6.45, 7) is 0. The van der Waals surface area contributed by atoms with Gasteiger partial charge in [-0.25, -0.2) is 4.79 Å². The topological polar surface area (TPSA) is 111 Å². The Balaban J connectivity index is 2.24. The number of nitrogens with two attached hydrogens (primary N) is 1. The number of nitrogens with zero attached hydrogens (tertiary/aromatic N) is 3. The third-order valence-corrected chi connectivity index (χ3v) is 2.08. The number of phenolic OH excluding ortho intramolecular Hbond substituents is 1. The molecule has 0 bridgehead atoms. The van der Waals surface area contributed by atoms with Crippen molar-refractivity contribution in [1.82, 2.24) is 15.0 Å². The molecule has 1 aromatic carbocycles. The van der Waals surface area contributed by atoms with Gasteiger partial charge < -0.3 is 15.6 Å². The van der Waals surface area contributed by atoms with Crippen molar-refractivity contribution in [1.29, 1.82) is 0 Å². The van der Waals surface area contributed by atoms with Crippen LogP contribution < -0.4 is 10.5 Å². The van der Waals surface area contributed by atoms with E-state index < -0.39 is 5.97 Å². The van der Waals surface area contributed by atoms with Crippen LogP contribution in [0.2, 0.25) is 5.28 Å². The van der Waals surface area contributed by atoms with Crippen LogP contribution >= 0.6 is 11.6 Å². The largest absolute Gasteiger partial charge is 0.507 e. The van der Waals surface area contributed by atoms with Gasteiger partial charge in [0.15, 0.2) is 0 Å². The van der Waals surface area contributed by atoms with Gasteiger partial charge in [-0.15, -0.1) is 0 Å². The average molecular weight is 267 g/mol. The minimum atomic E-state index is -0.824. The molecule has 0 radical (unpaired) electrons. The number of anilines is 1. The van der Waals surface area contributed by atoms with E-state index in [0.717, 1.165) is 0 Å². The Labute approximate surface area is 106 Å². The quantitative estimate of drug-likeness (QED) is 0.781. The van der Waals surface area contributed by atoms with Crippen LogP contribution in [0, 0.1) is 0 Å². The molecule has 1 heterocycles. The monoisotopic (exact) mass is 266 g/mol. The number of ether oxygens (including phenoxy) is 1.